The Kier molecular flexibility index (Phi) is 5.72. The van der Waals surface area contributed by atoms with Crippen molar-refractivity contribution in [2.75, 3.05) is 25.6 Å². The maximum Gasteiger partial charge on any atom is 0.221 e. The van der Waals surface area contributed by atoms with Gasteiger partial charge in [0, 0.05) is 13.2 Å². The topological polar surface area (TPSA) is 56.3 Å². The number of hydrogen-bond acceptors (Lipinski definition) is 5. The Morgan fingerprint density at radius 2 is 1.86 bits per heavy atom. The Morgan fingerprint density at radius 1 is 1.14 bits per heavy atom. The molecule has 1 aromatic heterocycles. The van der Waals surface area contributed by atoms with Crippen LogP contribution in [0.3, 0.4) is 0 Å². The lowest BCUT2D eigenvalue weighted by atomic mass is 10.1. The largest absolute Gasteiger partial charge is 0.481 e. The molecule has 22 heavy (non-hydrogen) atoms. The molecule has 0 amide bonds. The van der Waals surface area contributed by atoms with Gasteiger partial charge in [0.2, 0.25) is 5.88 Å². The first-order valence-electron chi connectivity index (χ1n) is 7.45. The molecule has 0 bridgehead atoms. The van der Waals surface area contributed by atoms with Crippen LogP contribution in [0.2, 0.25) is 0 Å². The van der Waals surface area contributed by atoms with E-state index in [1.165, 1.54) is 0 Å². The quantitative estimate of drug-likeness (QED) is 0.850. The van der Waals surface area contributed by atoms with Crippen molar-refractivity contribution < 1.29 is 9.47 Å². The molecule has 2 rings (SSSR count). The fourth-order valence-corrected chi connectivity index (χ4v) is 2.30. The summed E-state index contributed by atoms with van der Waals surface area (Å²) in [4.78, 5) is 8.72. The normalized spacial score (nSPS) is 12.0. The van der Waals surface area contributed by atoms with Crippen molar-refractivity contribution >= 4 is 5.82 Å². The van der Waals surface area contributed by atoms with Crippen molar-refractivity contribution in [2.24, 2.45) is 0 Å². The molecule has 1 atom stereocenters. The number of nitrogens with zero attached hydrogens (tertiary/aromatic N) is 2. The monoisotopic (exact) mass is 301 g/mol. The summed E-state index contributed by atoms with van der Waals surface area (Å²) in [5.41, 5.74) is 2.05. The summed E-state index contributed by atoms with van der Waals surface area (Å²) in [5, 5.41) is 3.36. The molecule has 1 heterocycles. The van der Waals surface area contributed by atoms with E-state index in [1.807, 2.05) is 39.0 Å². The molecular formula is C17H23N3O2. The fraction of sp³-hybridized carbons (Fsp3) is 0.412. The highest BCUT2D eigenvalue weighted by Gasteiger charge is 2.14. The van der Waals surface area contributed by atoms with E-state index < -0.39 is 0 Å². The molecule has 1 N–H and O–H groups in total. The number of aromatic nitrogens is 2. The van der Waals surface area contributed by atoms with E-state index in [1.54, 1.807) is 7.11 Å². The second kappa shape index (κ2) is 7.75. The number of rotatable bonds is 7. The van der Waals surface area contributed by atoms with Crippen LogP contribution in [0, 0.1) is 13.8 Å². The summed E-state index contributed by atoms with van der Waals surface area (Å²) >= 11 is 0. The molecule has 1 aromatic carbocycles. The van der Waals surface area contributed by atoms with E-state index in [0.29, 0.717) is 24.9 Å². The van der Waals surface area contributed by atoms with Crippen LogP contribution in [0.1, 0.15) is 30.0 Å². The third kappa shape index (κ3) is 3.95. The van der Waals surface area contributed by atoms with Crippen molar-refractivity contribution in [1.82, 2.24) is 9.97 Å². The standard InChI is InChI=1S/C17H23N3O2/c1-5-22-15(14-9-7-6-8-10-14)11-18-16-12(2)17(21-4)20-13(3)19-16/h6-10,15H,5,11H2,1-4H3,(H,18,19,20). The molecule has 0 saturated carbocycles. The van der Waals surface area contributed by atoms with Crippen LogP contribution in [-0.2, 0) is 4.74 Å². The second-order valence-corrected chi connectivity index (χ2v) is 4.99. The molecule has 2 aromatic rings. The predicted molar refractivity (Wildman–Crippen MR) is 87.4 cm³/mol. The Hall–Kier alpha value is -2.14. The number of aryl methyl sites for hydroxylation is 1. The van der Waals surface area contributed by atoms with E-state index in [2.05, 4.69) is 27.4 Å². The van der Waals surface area contributed by atoms with Gasteiger partial charge in [-0.25, -0.2) is 4.98 Å². The number of nitrogens with one attached hydrogen (secondary N) is 1. The van der Waals surface area contributed by atoms with Crippen molar-refractivity contribution in [2.45, 2.75) is 26.9 Å². The van der Waals surface area contributed by atoms with Gasteiger partial charge < -0.3 is 14.8 Å². The molecule has 118 valence electrons. The van der Waals surface area contributed by atoms with Gasteiger partial charge >= 0.3 is 0 Å². The third-order valence-electron chi connectivity index (χ3n) is 3.40. The van der Waals surface area contributed by atoms with Crippen LogP contribution in [0.15, 0.2) is 30.3 Å². The summed E-state index contributed by atoms with van der Waals surface area (Å²) in [6.07, 6.45) is -0.0214. The first-order valence-corrected chi connectivity index (χ1v) is 7.45. The van der Waals surface area contributed by atoms with Gasteiger partial charge in [0.1, 0.15) is 11.6 Å². The lowest BCUT2D eigenvalue weighted by Crippen LogP contribution is -2.17. The first kappa shape index (κ1) is 16.2. The van der Waals surface area contributed by atoms with E-state index in [4.69, 9.17) is 9.47 Å². The zero-order valence-corrected chi connectivity index (χ0v) is 13.6. The van der Waals surface area contributed by atoms with Crippen LogP contribution >= 0.6 is 0 Å². The summed E-state index contributed by atoms with van der Waals surface area (Å²) in [6.45, 7) is 7.09. The van der Waals surface area contributed by atoms with Crippen molar-refractivity contribution in [3.8, 4) is 5.88 Å². The maximum absolute atomic E-state index is 5.84. The van der Waals surface area contributed by atoms with Gasteiger partial charge in [-0.15, -0.1) is 0 Å². The maximum atomic E-state index is 5.84. The highest BCUT2D eigenvalue weighted by atomic mass is 16.5. The van der Waals surface area contributed by atoms with Crippen molar-refractivity contribution in [3.63, 3.8) is 0 Å². The molecule has 0 aliphatic heterocycles. The van der Waals surface area contributed by atoms with Gasteiger partial charge in [0.05, 0.1) is 18.8 Å². The number of hydrogen-bond donors (Lipinski definition) is 1. The van der Waals surface area contributed by atoms with Gasteiger partial charge in [-0.05, 0) is 26.3 Å². The lowest BCUT2D eigenvalue weighted by Gasteiger charge is -2.19. The first-order chi connectivity index (χ1) is 10.7. The minimum atomic E-state index is -0.0214. The highest BCUT2D eigenvalue weighted by molar-refractivity contribution is 5.48. The minimum absolute atomic E-state index is 0.0214. The molecule has 1 unspecified atom stereocenters. The van der Waals surface area contributed by atoms with Gasteiger partial charge in [0.25, 0.3) is 0 Å². The summed E-state index contributed by atoms with van der Waals surface area (Å²) in [5.74, 6) is 2.06. The van der Waals surface area contributed by atoms with Crippen molar-refractivity contribution in [1.29, 1.82) is 0 Å². The van der Waals surface area contributed by atoms with Gasteiger partial charge in [-0.2, -0.15) is 4.98 Å². The highest BCUT2D eigenvalue weighted by Crippen LogP contribution is 2.23. The summed E-state index contributed by atoms with van der Waals surface area (Å²) in [6, 6.07) is 10.2. The van der Waals surface area contributed by atoms with E-state index in [0.717, 1.165) is 16.9 Å². The second-order valence-electron chi connectivity index (χ2n) is 4.99. The smallest absolute Gasteiger partial charge is 0.221 e. The van der Waals surface area contributed by atoms with E-state index in [9.17, 15) is 0 Å². The van der Waals surface area contributed by atoms with Gasteiger partial charge in [-0.3, -0.25) is 0 Å². The Bertz CT molecular complexity index is 602. The number of methoxy groups -OCH3 is 1. The van der Waals surface area contributed by atoms with Gasteiger partial charge in [-0.1, -0.05) is 30.3 Å². The van der Waals surface area contributed by atoms with E-state index >= 15 is 0 Å². The van der Waals surface area contributed by atoms with Crippen molar-refractivity contribution in [3.05, 3.63) is 47.3 Å². The third-order valence-corrected chi connectivity index (χ3v) is 3.40. The average molecular weight is 301 g/mol. The Morgan fingerprint density at radius 3 is 2.50 bits per heavy atom. The molecule has 5 heteroatoms. The van der Waals surface area contributed by atoms with Crippen LogP contribution in [-0.4, -0.2) is 30.2 Å². The number of anilines is 1. The molecule has 0 radical (unpaired) electrons. The van der Waals surface area contributed by atoms with Crippen LogP contribution < -0.4 is 10.1 Å². The van der Waals surface area contributed by atoms with Crippen LogP contribution in [0.4, 0.5) is 5.82 Å². The fourth-order valence-electron chi connectivity index (χ4n) is 2.30. The van der Waals surface area contributed by atoms with E-state index in [-0.39, 0.29) is 6.10 Å². The van der Waals surface area contributed by atoms with Gasteiger partial charge in [0.15, 0.2) is 0 Å². The van der Waals surface area contributed by atoms with Crippen LogP contribution in [0.5, 0.6) is 5.88 Å². The number of benzene rings is 1. The minimum Gasteiger partial charge on any atom is -0.481 e. The summed E-state index contributed by atoms with van der Waals surface area (Å²) < 4.78 is 11.1. The molecule has 0 aliphatic carbocycles. The number of ether oxygens (including phenoxy) is 2. The zero-order valence-electron chi connectivity index (χ0n) is 13.6. The molecule has 0 fully saturated rings. The zero-order chi connectivity index (χ0) is 15.9. The molecule has 5 nitrogen and oxygen atoms in total. The Balaban J connectivity index is 2.15. The summed E-state index contributed by atoms with van der Waals surface area (Å²) in [7, 11) is 1.62. The Labute approximate surface area is 131 Å². The predicted octanol–water partition coefficient (Wildman–Crippen LogP) is 3.29. The molecule has 0 aliphatic rings. The molecule has 0 saturated heterocycles. The van der Waals surface area contributed by atoms with Crippen LogP contribution in [0.25, 0.3) is 0 Å². The molecular weight excluding hydrogens is 278 g/mol. The average Bonchev–Trinajstić information content (AvgIpc) is 2.54. The molecule has 0 spiro atoms. The SMILES string of the molecule is CCOC(CNc1nc(C)nc(OC)c1C)c1ccccc1. The lowest BCUT2D eigenvalue weighted by molar-refractivity contribution is 0.0718.